The number of ketones is 1. The van der Waals surface area contributed by atoms with Crippen molar-refractivity contribution in [2.75, 3.05) is 6.61 Å². The Labute approximate surface area is 146 Å². The van der Waals surface area contributed by atoms with Gasteiger partial charge in [-0.05, 0) is 30.3 Å². The Morgan fingerprint density at radius 2 is 2.09 bits per heavy atom. The maximum absolute atomic E-state index is 12.2. The molecule has 0 atom stereocenters. The van der Waals surface area contributed by atoms with Gasteiger partial charge in [0, 0.05) is 24.5 Å². The minimum Gasteiger partial charge on any atom is -0.361 e. The quantitative estimate of drug-likeness (QED) is 0.385. The van der Waals surface area contributed by atoms with E-state index in [9.17, 15) is 4.79 Å². The van der Waals surface area contributed by atoms with Gasteiger partial charge in [0.1, 0.15) is 13.2 Å². The van der Waals surface area contributed by atoms with Gasteiger partial charge in [0.15, 0.2) is 5.78 Å². The van der Waals surface area contributed by atoms with E-state index in [1.165, 1.54) is 0 Å². The first-order chi connectivity index (χ1) is 10.8. The van der Waals surface area contributed by atoms with Crippen molar-refractivity contribution >= 4 is 40.7 Å². The summed E-state index contributed by atoms with van der Waals surface area (Å²) in [4.78, 5) is 12.2. The SMILES string of the molecule is C[Si](C)(C)CCOCn1c(C(=O)CC#N)cc2cc(Br)ccc21. The van der Waals surface area contributed by atoms with Gasteiger partial charge in [-0.2, -0.15) is 5.26 Å². The largest absolute Gasteiger partial charge is 0.361 e. The number of nitrogens with zero attached hydrogens (tertiary/aromatic N) is 2. The molecular weight excluding hydrogens is 372 g/mol. The normalized spacial score (nSPS) is 11.6. The number of hydrogen-bond acceptors (Lipinski definition) is 3. The van der Waals surface area contributed by atoms with Crippen molar-refractivity contribution in [3.05, 3.63) is 34.4 Å². The third kappa shape index (κ3) is 4.77. The maximum atomic E-state index is 12.2. The van der Waals surface area contributed by atoms with E-state index < -0.39 is 8.07 Å². The molecule has 0 fully saturated rings. The summed E-state index contributed by atoms with van der Waals surface area (Å²) in [7, 11) is -1.14. The molecule has 2 rings (SSSR count). The zero-order chi connectivity index (χ0) is 17.0. The summed E-state index contributed by atoms with van der Waals surface area (Å²) in [5, 5.41) is 9.76. The Morgan fingerprint density at radius 1 is 1.35 bits per heavy atom. The summed E-state index contributed by atoms with van der Waals surface area (Å²) in [6.45, 7) is 7.95. The number of rotatable bonds is 7. The van der Waals surface area contributed by atoms with E-state index in [0.29, 0.717) is 19.0 Å². The van der Waals surface area contributed by atoms with Crippen LogP contribution in [0.2, 0.25) is 25.7 Å². The molecule has 0 aliphatic rings. The van der Waals surface area contributed by atoms with E-state index in [4.69, 9.17) is 10.00 Å². The van der Waals surface area contributed by atoms with Crippen LogP contribution in [0.1, 0.15) is 16.9 Å². The smallest absolute Gasteiger partial charge is 0.193 e. The number of nitriles is 1. The van der Waals surface area contributed by atoms with Crippen molar-refractivity contribution in [3.8, 4) is 6.07 Å². The van der Waals surface area contributed by atoms with Crippen LogP contribution in [-0.4, -0.2) is 25.0 Å². The third-order valence-corrected chi connectivity index (χ3v) is 5.80. The zero-order valence-electron chi connectivity index (χ0n) is 13.7. The van der Waals surface area contributed by atoms with Gasteiger partial charge < -0.3 is 9.30 Å². The van der Waals surface area contributed by atoms with Crippen LogP contribution < -0.4 is 0 Å². The monoisotopic (exact) mass is 392 g/mol. The predicted octanol–water partition coefficient (Wildman–Crippen LogP) is 4.81. The second kappa shape index (κ2) is 7.43. The molecule has 0 radical (unpaired) electrons. The molecule has 23 heavy (non-hydrogen) atoms. The van der Waals surface area contributed by atoms with Crippen LogP contribution in [0.15, 0.2) is 28.7 Å². The highest BCUT2D eigenvalue weighted by Gasteiger charge is 2.16. The molecule has 2 aromatic rings. The minimum atomic E-state index is -1.14. The van der Waals surface area contributed by atoms with E-state index in [-0.39, 0.29) is 12.2 Å². The molecule has 1 aromatic carbocycles. The summed E-state index contributed by atoms with van der Waals surface area (Å²) < 4.78 is 8.64. The summed E-state index contributed by atoms with van der Waals surface area (Å²) in [5.74, 6) is -0.173. The summed E-state index contributed by atoms with van der Waals surface area (Å²) in [6.07, 6.45) is -0.119. The topological polar surface area (TPSA) is 55.0 Å². The molecule has 122 valence electrons. The Morgan fingerprint density at radius 3 is 2.74 bits per heavy atom. The van der Waals surface area contributed by atoms with E-state index in [0.717, 1.165) is 21.4 Å². The Hall–Kier alpha value is -1.42. The molecular formula is C17H21BrN2O2Si. The van der Waals surface area contributed by atoms with Crippen LogP contribution in [0.4, 0.5) is 0 Å². The van der Waals surface area contributed by atoms with Gasteiger partial charge >= 0.3 is 0 Å². The maximum Gasteiger partial charge on any atom is 0.193 e. The van der Waals surface area contributed by atoms with Gasteiger partial charge in [0.25, 0.3) is 0 Å². The van der Waals surface area contributed by atoms with Crippen LogP contribution in [0.3, 0.4) is 0 Å². The number of halogens is 1. The number of carbonyl (C=O) groups excluding carboxylic acids is 1. The first kappa shape index (κ1) is 17.9. The van der Waals surface area contributed by atoms with Crippen molar-refractivity contribution in [2.45, 2.75) is 38.8 Å². The fourth-order valence-corrected chi connectivity index (χ4v) is 3.44. The molecule has 0 aliphatic heterocycles. The van der Waals surface area contributed by atoms with E-state index in [1.54, 1.807) is 0 Å². The highest BCUT2D eigenvalue weighted by molar-refractivity contribution is 9.10. The Bertz CT molecular complexity index is 756. The van der Waals surface area contributed by atoms with Gasteiger partial charge in [-0.25, -0.2) is 0 Å². The fourth-order valence-electron chi connectivity index (χ4n) is 2.31. The van der Waals surface area contributed by atoms with E-state index >= 15 is 0 Å². The molecule has 0 unspecified atom stereocenters. The summed E-state index contributed by atoms with van der Waals surface area (Å²) >= 11 is 3.45. The molecule has 6 heteroatoms. The van der Waals surface area contributed by atoms with Crippen LogP contribution in [0.5, 0.6) is 0 Å². The number of benzene rings is 1. The van der Waals surface area contributed by atoms with Crippen LogP contribution >= 0.6 is 15.9 Å². The number of Topliss-reactive ketones (excluding diaryl/α,β-unsaturated/α-hetero) is 1. The molecule has 4 nitrogen and oxygen atoms in total. The number of ether oxygens (including phenoxy) is 1. The number of aromatic nitrogens is 1. The average molecular weight is 393 g/mol. The molecule has 0 N–H and O–H groups in total. The van der Waals surface area contributed by atoms with Crippen LogP contribution in [-0.2, 0) is 11.5 Å². The molecule has 0 amide bonds. The average Bonchev–Trinajstić information content (AvgIpc) is 2.80. The lowest BCUT2D eigenvalue weighted by atomic mass is 10.2. The van der Waals surface area contributed by atoms with Gasteiger partial charge in [-0.3, -0.25) is 4.79 Å². The highest BCUT2D eigenvalue weighted by atomic mass is 79.9. The van der Waals surface area contributed by atoms with Gasteiger partial charge in [0.2, 0.25) is 0 Å². The van der Waals surface area contributed by atoms with Gasteiger partial charge in [-0.1, -0.05) is 35.6 Å². The standard InChI is InChI=1S/C17H21BrN2O2Si/c1-23(2,3)9-8-22-12-20-15-5-4-14(18)10-13(15)11-16(20)17(21)6-7-19/h4-5,10-11H,6,8-9,12H2,1-3H3. The molecule has 1 aromatic heterocycles. The molecule has 0 spiro atoms. The van der Waals surface area contributed by atoms with Crippen molar-refractivity contribution in [2.24, 2.45) is 0 Å². The van der Waals surface area contributed by atoms with Crippen molar-refractivity contribution in [1.82, 2.24) is 4.57 Å². The molecule has 0 bridgehead atoms. The van der Waals surface area contributed by atoms with Gasteiger partial charge in [0.05, 0.1) is 17.3 Å². The number of hydrogen-bond donors (Lipinski definition) is 0. The molecule has 0 saturated carbocycles. The van der Waals surface area contributed by atoms with E-state index in [1.807, 2.05) is 34.9 Å². The lowest BCUT2D eigenvalue weighted by molar-refractivity contribution is 0.0830. The van der Waals surface area contributed by atoms with E-state index in [2.05, 4.69) is 35.6 Å². The van der Waals surface area contributed by atoms with Crippen LogP contribution in [0.25, 0.3) is 10.9 Å². The second-order valence-electron chi connectivity index (χ2n) is 6.77. The summed E-state index contributed by atoms with van der Waals surface area (Å²) in [6, 6.07) is 10.7. The summed E-state index contributed by atoms with van der Waals surface area (Å²) in [5.41, 5.74) is 1.48. The Balaban J connectivity index is 2.26. The van der Waals surface area contributed by atoms with Gasteiger partial charge in [-0.15, -0.1) is 0 Å². The first-order valence-electron chi connectivity index (χ1n) is 7.58. The minimum absolute atomic E-state index is 0.119. The second-order valence-corrected chi connectivity index (χ2v) is 13.3. The van der Waals surface area contributed by atoms with Crippen LogP contribution in [0, 0.1) is 11.3 Å². The predicted molar refractivity (Wildman–Crippen MR) is 98.3 cm³/mol. The van der Waals surface area contributed by atoms with Crippen molar-refractivity contribution in [1.29, 1.82) is 5.26 Å². The van der Waals surface area contributed by atoms with Crippen molar-refractivity contribution < 1.29 is 9.53 Å². The molecule has 0 aliphatic carbocycles. The zero-order valence-corrected chi connectivity index (χ0v) is 16.3. The Kier molecular flexibility index (Phi) is 5.79. The first-order valence-corrected chi connectivity index (χ1v) is 12.1. The molecule has 0 saturated heterocycles. The number of carbonyl (C=O) groups is 1. The lowest BCUT2D eigenvalue weighted by Gasteiger charge is -2.16. The van der Waals surface area contributed by atoms with Crippen molar-refractivity contribution in [3.63, 3.8) is 0 Å². The third-order valence-electron chi connectivity index (χ3n) is 3.61. The highest BCUT2D eigenvalue weighted by Crippen LogP contribution is 2.25. The number of fused-ring (bicyclic) bond motifs is 1. The molecule has 1 heterocycles. The fraction of sp³-hybridized carbons (Fsp3) is 0.412. The lowest BCUT2D eigenvalue weighted by Crippen LogP contribution is -2.22.